The molecule has 1 fully saturated rings. The van der Waals surface area contributed by atoms with E-state index in [-0.39, 0.29) is 28.6 Å². The van der Waals surface area contributed by atoms with Gasteiger partial charge in [-0.25, -0.2) is 17.9 Å². The summed E-state index contributed by atoms with van der Waals surface area (Å²) < 4.78 is 36.3. The number of benzene rings is 1. The maximum atomic E-state index is 12.2. The van der Waals surface area contributed by atoms with E-state index in [1.807, 2.05) is 13.8 Å². The summed E-state index contributed by atoms with van der Waals surface area (Å²) in [6, 6.07) is 5.44. The van der Waals surface area contributed by atoms with Crippen LogP contribution in [0, 0.1) is 0 Å². The van der Waals surface area contributed by atoms with Crippen LogP contribution in [0.1, 0.15) is 24.2 Å². The summed E-state index contributed by atoms with van der Waals surface area (Å²) in [6.07, 6.45) is -0.154. The fourth-order valence-electron chi connectivity index (χ4n) is 2.59. The Balaban J connectivity index is 1.98. The molecule has 1 aromatic carbocycles. The summed E-state index contributed by atoms with van der Waals surface area (Å²) in [5.41, 5.74) is 0.0628. The van der Waals surface area contributed by atoms with Gasteiger partial charge in [0.15, 0.2) is 6.61 Å². The lowest BCUT2D eigenvalue weighted by atomic mass is 10.2. The van der Waals surface area contributed by atoms with Crippen molar-refractivity contribution < 1.29 is 27.5 Å². The smallest absolute Gasteiger partial charge is 0.338 e. The van der Waals surface area contributed by atoms with Crippen molar-refractivity contribution in [2.75, 3.05) is 26.7 Å². The molecule has 9 heteroatoms. The molecule has 138 valence electrons. The zero-order valence-corrected chi connectivity index (χ0v) is 15.2. The van der Waals surface area contributed by atoms with Gasteiger partial charge in [-0.15, -0.1) is 0 Å². The van der Waals surface area contributed by atoms with E-state index in [0.717, 1.165) is 0 Å². The summed E-state index contributed by atoms with van der Waals surface area (Å²) in [5, 5.41) is 0. The molecule has 1 saturated heterocycles. The number of hydrogen-bond acceptors (Lipinski definition) is 6. The van der Waals surface area contributed by atoms with Gasteiger partial charge < -0.3 is 14.4 Å². The second-order valence-corrected chi connectivity index (χ2v) is 7.75. The highest BCUT2D eigenvalue weighted by Crippen LogP contribution is 2.13. The van der Waals surface area contributed by atoms with Gasteiger partial charge in [-0.05, 0) is 39.1 Å². The number of hydrogen-bond donors (Lipinski definition) is 1. The average Bonchev–Trinajstić information content (AvgIpc) is 2.58. The highest BCUT2D eigenvalue weighted by molar-refractivity contribution is 7.89. The summed E-state index contributed by atoms with van der Waals surface area (Å²) in [6.45, 7) is 4.22. The molecule has 0 aliphatic carbocycles. The standard InChI is InChI=1S/C16H22N2O6S/c1-11-8-18(9-12(2)24-11)15(19)10-23-16(20)13-5-4-6-14(7-13)25(21,22)17-3/h4-7,11-12,17H,8-10H2,1-3H3/t11-,12-/m0/s1. The molecule has 2 atom stereocenters. The zero-order chi connectivity index (χ0) is 18.6. The van der Waals surface area contributed by atoms with Crippen molar-refractivity contribution in [1.82, 2.24) is 9.62 Å². The summed E-state index contributed by atoms with van der Waals surface area (Å²) in [5.74, 6) is -1.06. The third kappa shape index (κ3) is 5.00. The quantitative estimate of drug-likeness (QED) is 0.752. The fourth-order valence-corrected chi connectivity index (χ4v) is 3.37. The van der Waals surface area contributed by atoms with Gasteiger partial charge in [-0.1, -0.05) is 6.07 Å². The number of morpholine rings is 1. The maximum Gasteiger partial charge on any atom is 0.338 e. The van der Waals surface area contributed by atoms with Crippen LogP contribution in [0.25, 0.3) is 0 Å². The molecule has 0 aromatic heterocycles. The first kappa shape index (κ1) is 19.4. The first-order chi connectivity index (χ1) is 11.7. The largest absolute Gasteiger partial charge is 0.452 e. The molecular weight excluding hydrogens is 348 g/mol. The maximum absolute atomic E-state index is 12.2. The highest BCUT2D eigenvalue weighted by Gasteiger charge is 2.26. The second-order valence-electron chi connectivity index (χ2n) is 5.87. The zero-order valence-electron chi connectivity index (χ0n) is 14.4. The number of nitrogens with one attached hydrogen (secondary N) is 1. The van der Waals surface area contributed by atoms with E-state index in [2.05, 4.69) is 4.72 Å². The van der Waals surface area contributed by atoms with Gasteiger partial charge in [0.1, 0.15) is 0 Å². The van der Waals surface area contributed by atoms with Crippen molar-refractivity contribution in [2.24, 2.45) is 0 Å². The number of ether oxygens (including phenoxy) is 2. The Morgan fingerprint density at radius 1 is 1.28 bits per heavy atom. The number of amides is 1. The molecular formula is C16H22N2O6S. The molecule has 1 heterocycles. The van der Waals surface area contributed by atoms with E-state index in [1.165, 1.54) is 31.3 Å². The van der Waals surface area contributed by atoms with E-state index < -0.39 is 22.6 Å². The van der Waals surface area contributed by atoms with Gasteiger partial charge in [-0.3, -0.25) is 4.79 Å². The summed E-state index contributed by atoms with van der Waals surface area (Å²) in [4.78, 5) is 25.8. The van der Waals surface area contributed by atoms with E-state index in [9.17, 15) is 18.0 Å². The van der Waals surface area contributed by atoms with Crippen molar-refractivity contribution in [3.05, 3.63) is 29.8 Å². The van der Waals surface area contributed by atoms with Crippen molar-refractivity contribution >= 4 is 21.9 Å². The van der Waals surface area contributed by atoms with E-state index >= 15 is 0 Å². The molecule has 1 aromatic rings. The molecule has 2 rings (SSSR count). The lowest BCUT2D eigenvalue weighted by Gasteiger charge is -2.35. The molecule has 0 bridgehead atoms. The minimum absolute atomic E-state index is 0.0494. The number of sulfonamides is 1. The minimum Gasteiger partial charge on any atom is -0.452 e. The number of rotatable bonds is 5. The molecule has 25 heavy (non-hydrogen) atoms. The Labute approximate surface area is 147 Å². The van der Waals surface area contributed by atoms with Crippen molar-refractivity contribution in [3.8, 4) is 0 Å². The SMILES string of the molecule is CNS(=O)(=O)c1cccc(C(=O)OCC(=O)N2C[C@H](C)O[C@@H](C)C2)c1. The number of carbonyl (C=O) groups is 2. The van der Waals surface area contributed by atoms with Gasteiger partial charge in [0.25, 0.3) is 5.91 Å². The van der Waals surface area contributed by atoms with Gasteiger partial charge in [0.2, 0.25) is 10.0 Å². The third-order valence-corrected chi connectivity index (χ3v) is 5.16. The third-order valence-electron chi connectivity index (χ3n) is 3.75. The van der Waals surface area contributed by atoms with Crippen LogP contribution in [0.2, 0.25) is 0 Å². The van der Waals surface area contributed by atoms with Crippen LogP contribution in [-0.4, -0.2) is 64.1 Å². The van der Waals surface area contributed by atoms with Crippen LogP contribution in [-0.2, 0) is 24.3 Å². The average molecular weight is 370 g/mol. The van der Waals surface area contributed by atoms with Crippen LogP contribution >= 0.6 is 0 Å². The lowest BCUT2D eigenvalue weighted by molar-refractivity contribution is -0.146. The molecule has 0 saturated carbocycles. The Bertz CT molecular complexity index is 739. The molecule has 1 aliphatic rings. The van der Waals surface area contributed by atoms with E-state index in [1.54, 1.807) is 4.90 Å². The van der Waals surface area contributed by atoms with Crippen molar-refractivity contribution in [3.63, 3.8) is 0 Å². The molecule has 1 amide bonds. The van der Waals surface area contributed by atoms with Gasteiger partial charge in [0, 0.05) is 13.1 Å². The van der Waals surface area contributed by atoms with Crippen molar-refractivity contribution in [2.45, 2.75) is 31.0 Å². The monoisotopic (exact) mass is 370 g/mol. The predicted octanol–water partition coefficient (Wildman–Crippen LogP) is 0.387. The number of esters is 1. The van der Waals surface area contributed by atoms with Crippen LogP contribution < -0.4 is 4.72 Å². The van der Waals surface area contributed by atoms with E-state index in [4.69, 9.17) is 9.47 Å². The molecule has 0 spiro atoms. The first-order valence-electron chi connectivity index (χ1n) is 7.87. The van der Waals surface area contributed by atoms with Crippen LogP contribution in [0.5, 0.6) is 0 Å². The minimum atomic E-state index is -3.66. The topological polar surface area (TPSA) is 102 Å². The molecule has 1 N–H and O–H groups in total. The Kier molecular flexibility index (Phi) is 6.15. The number of carbonyl (C=O) groups excluding carboxylic acids is 2. The summed E-state index contributed by atoms with van der Waals surface area (Å²) in [7, 11) is -2.38. The summed E-state index contributed by atoms with van der Waals surface area (Å²) >= 11 is 0. The predicted molar refractivity (Wildman–Crippen MR) is 89.6 cm³/mol. The Hall–Kier alpha value is -1.97. The van der Waals surface area contributed by atoms with Crippen molar-refractivity contribution in [1.29, 1.82) is 0 Å². The molecule has 0 radical (unpaired) electrons. The molecule has 1 aliphatic heterocycles. The van der Waals surface area contributed by atoms with Crippen LogP contribution in [0.3, 0.4) is 0 Å². The Morgan fingerprint density at radius 2 is 1.92 bits per heavy atom. The second kappa shape index (κ2) is 7.94. The molecule has 8 nitrogen and oxygen atoms in total. The van der Waals surface area contributed by atoms with Crippen LogP contribution in [0.15, 0.2) is 29.2 Å². The normalized spacial score (nSPS) is 21.0. The first-order valence-corrected chi connectivity index (χ1v) is 9.35. The lowest BCUT2D eigenvalue weighted by Crippen LogP contribution is -2.49. The van der Waals surface area contributed by atoms with Gasteiger partial charge >= 0.3 is 5.97 Å². The Morgan fingerprint density at radius 3 is 2.52 bits per heavy atom. The number of nitrogens with zero attached hydrogens (tertiary/aromatic N) is 1. The van der Waals surface area contributed by atoms with Gasteiger partial charge in [-0.2, -0.15) is 0 Å². The molecule has 0 unspecified atom stereocenters. The van der Waals surface area contributed by atoms with Crippen LogP contribution in [0.4, 0.5) is 0 Å². The fraction of sp³-hybridized carbons (Fsp3) is 0.500. The van der Waals surface area contributed by atoms with E-state index in [0.29, 0.717) is 13.1 Å². The highest BCUT2D eigenvalue weighted by atomic mass is 32.2. The van der Waals surface area contributed by atoms with Gasteiger partial charge in [0.05, 0.1) is 22.7 Å².